The van der Waals surface area contributed by atoms with Crippen LogP contribution >= 0.6 is 43.5 Å². The van der Waals surface area contributed by atoms with Crippen LogP contribution in [0.25, 0.3) is 6.08 Å². The summed E-state index contributed by atoms with van der Waals surface area (Å²) in [5.74, 6) is -0.347. The van der Waals surface area contributed by atoms with Gasteiger partial charge in [-0.2, -0.15) is 5.10 Å². The van der Waals surface area contributed by atoms with Gasteiger partial charge in [-0.3, -0.25) is 9.52 Å². The van der Waals surface area contributed by atoms with Crippen LogP contribution < -0.4 is 4.72 Å². The molecule has 0 saturated heterocycles. The first-order valence-corrected chi connectivity index (χ1v) is 17.2. The predicted octanol–water partition coefficient (Wildman–Crippen LogP) is 9.10. The van der Waals surface area contributed by atoms with Gasteiger partial charge in [-0.1, -0.05) is 73.8 Å². The number of sulfonamides is 1. The smallest absolute Gasteiger partial charge is 0.274 e. The lowest BCUT2D eigenvalue weighted by Gasteiger charge is -2.29. The van der Waals surface area contributed by atoms with E-state index < -0.39 is 10.0 Å². The Morgan fingerprint density at radius 3 is 2.30 bits per heavy atom. The summed E-state index contributed by atoms with van der Waals surface area (Å²) in [6.07, 6.45) is 4.88. The van der Waals surface area contributed by atoms with Gasteiger partial charge >= 0.3 is 0 Å². The Kier molecular flexibility index (Phi) is 8.60. The molecule has 1 saturated carbocycles. The van der Waals surface area contributed by atoms with Gasteiger partial charge < -0.3 is 0 Å². The zero-order valence-electron chi connectivity index (χ0n) is 22.8. The van der Waals surface area contributed by atoms with Crippen LogP contribution in [0.5, 0.6) is 0 Å². The van der Waals surface area contributed by atoms with Crippen LogP contribution in [0.2, 0.25) is 5.02 Å². The highest BCUT2D eigenvalue weighted by molar-refractivity contribution is 9.10. The SMILES string of the molecule is O=C(c1cccc(S(=O)(=O)Nc2ccc(Cl)cc2)c1)N1N=C2/C(=C\c3ccc(Br)cc3)CCC[C@H]2[C@H]1c1ccc(Br)cc1. The molecule has 4 aromatic rings. The van der Waals surface area contributed by atoms with Crippen molar-refractivity contribution >= 4 is 76.9 Å². The number of hydrogen-bond acceptors (Lipinski definition) is 4. The van der Waals surface area contributed by atoms with Crippen molar-refractivity contribution in [2.24, 2.45) is 11.0 Å². The molecule has 0 bridgehead atoms. The first-order valence-electron chi connectivity index (χ1n) is 13.7. The standard InChI is InChI=1S/C33H26Br2ClN3O3S/c34-25-11-7-21(8-12-25)19-23-3-2-6-30-31(23)37-39(32(30)22-9-13-26(35)14-10-22)33(40)24-4-1-5-29(20-24)43(41,42)38-28-17-15-27(36)16-18-28/h1,4-5,7-20,30,32,38H,2-3,6H2/b23-19-/t30-,32-/m1/s1. The van der Waals surface area contributed by atoms with Crippen LogP contribution in [-0.4, -0.2) is 25.0 Å². The lowest BCUT2D eigenvalue weighted by Crippen LogP contribution is -2.32. The molecule has 4 aromatic carbocycles. The molecule has 1 N–H and O–H groups in total. The molecule has 0 spiro atoms. The Balaban J connectivity index is 1.37. The molecule has 1 heterocycles. The third kappa shape index (κ3) is 6.50. The van der Waals surface area contributed by atoms with E-state index in [2.05, 4.69) is 54.8 Å². The summed E-state index contributed by atoms with van der Waals surface area (Å²) in [6, 6.07) is 28.2. The van der Waals surface area contributed by atoms with Crippen molar-refractivity contribution in [3.05, 3.63) is 133 Å². The van der Waals surface area contributed by atoms with Crippen molar-refractivity contribution in [1.29, 1.82) is 0 Å². The Hall–Kier alpha value is -3.24. The maximum absolute atomic E-state index is 14.2. The highest BCUT2D eigenvalue weighted by Crippen LogP contribution is 2.45. The lowest BCUT2D eigenvalue weighted by molar-refractivity contribution is 0.0680. The van der Waals surface area contributed by atoms with Crippen LogP contribution in [0.4, 0.5) is 5.69 Å². The van der Waals surface area contributed by atoms with Gasteiger partial charge in [0.25, 0.3) is 15.9 Å². The van der Waals surface area contributed by atoms with Gasteiger partial charge in [-0.15, -0.1) is 0 Å². The monoisotopic (exact) mass is 737 g/mol. The van der Waals surface area contributed by atoms with Gasteiger partial charge in [0.15, 0.2) is 0 Å². The maximum Gasteiger partial charge on any atom is 0.274 e. The highest BCUT2D eigenvalue weighted by atomic mass is 79.9. The normalized spacial score (nSPS) is 19.2. The third-order valence-electron chi connectivity index (χ3n) is 7.62. The van der Waals surface area contributed by atoms with Gasteiger partial charge in [0, 0.05) is 31.1 Å². The van der Waals surface area contributed by atoms with Crippen molar-refractivity contribution in [1.82, 2.24) is 5.01 Å². The summed E-state index contributed by atoms with van der Waals surface area (Å²) in [4.78, 5) is 14.2. The Morgan fingerprint density at radius 1 is 0.930 bits per heavy atom. The molecular weight excluding hydrogens is 714 g/mol. The van der Waals surface area contributed by atoms with E-state index in [4.69, 9.17) is 16.7 Å². The number of amides is 1. The fourth-order valence-electron chi connectivity index (χ4n) is 5.58. The molecule has 10 heteroatoms. The van der Waals surface area contributed by atoms with Crippen molar-refractivity contribution in [3.63, 3.8) is 0 Å². The second-order valence-corrected chi connectivity index (χ2v) is 14.4. The summed E-state index contributed by atoms with van der Waals surface area (Å²) in [5.41, 5.74) is 4.66. The number of hydrogen-bond donors (Lipinski definition) is 1. The number of allylic oxidation sites excluding steroid dienone is 1. The van der Waals surface area contributed by atoms with E-state index in [0.717, 1.165) is 50.6 Å². The number of carbonyl (C=O) groups excluding carboxylic acids is 1. The number of hydrazone groups is 1. The predicted molar refractivity (Wildman–Crippen MR) is 179 cm³/mol. The van der Waals surface area contributed by atoms with E-state index in [0.29, 0.717) is 10.7 Å². The van der Waals surface area contributed by atoms with Crippen molar-refractivity contribution in [3.8, 4) is 0 Å². The molecule has 218 valence electrons. The number of nitrogens with zero attached hydrogens (tertiary/aromatic N) is 2. The Labute approximate surface area is 272 Å². The largest absolute Gasteiger partial charge is 0.280 e. The number of benzene rings is 4. The maximum atomic E-state index is 14.2. The number of carbonyl (C=O) groups is 1. The van der Waals surface area contributed by atoms with Gasteiger partial charge in [-0.25, -0.2) is 13.4 Å². The fraction of sp³-hybridized carbons (Fsp3) is 0.152. The molecule has 2 atom stereocenters. The van der Waals surface area contributed by atoms with E-state index in [-0.39, 0.29) is 28.3 Å². The van der Waals surface area contributed by atoms with E-state index >= 15 is 0 Å². The van der Waals surface area contributed by atoms with Crippen molar-refractivity contribution in [2.75, 3.05) is 4.72 Å². The Morgan fingerprint density at radius 2 is 1.60 bits per heavy atom. The number of halogens is 3. The molecule has 0 radical (unpaired) electrons. The second-order valence-electron chi connectivity index (χ2n) is 10.5. The first-order chi connectivity index (χ1) is 20.7. The average molecular weight is 740 g/mol. The summed E-state index contributed by atoms with van der Waals surface area (Å²) < 4.78 is 31.0. The average Bonchev–Trinajstić information content (AvgIpc) is 3.40. The summed E-state index contributed by atoms with van der Waals surface area (Å²) in [7, 11) is -3.96. The topological polar surface area (TPSA) is 78.8 Å². The molecule has 1 aliphatic carbocycles. The van der Waals surface area contributed by atoms with Crippen molar-refractivity contribution < 1.29 is 13.2 Å². The quantitative estimate of drug-likeness (QED) is 0.214. The minimum atomic E-state index is -3.96. The number of rotatable bonds is 6. The zero-order chi connectivity index (χ0) is 30.1. The molecule has 1 amide bonds. The van der Waals surface area contributed by atoms with E-state index in [1.807, 2.05) is 36.4 Å². The van der Waals surface area contributed by atoms with Crippen LogP contribution in [0, 0.1) is 5.92 Å². The molecular formula is C33H26Br2ClN3O3S. The lowest BCUT2D eigenvalue weighted by atomic mass is 9.77. The van der Waals surface area contributed by atoms with Gasteiger partial charge in [0.1, 0.15) is 0 Å². The van der Waals surface area contributed by atoms with Gasteiger partial charge in [0.05, 0.1) is 16.6 Å². The number of fused-ring (bicyclic) bond motifs is 1. The van der Waals surface area contributed by atoms with Crippen LogP contribution in [0.15, 0.2) is 122 Å². The van der Waals surface area contributed by atoms with Crippen molar-refractivity contribution in [2.45, 2.75) is 30.2 Å². The molecule has 6 rings (SSSR count). The van der Waals surface area contributed by atoms with Gasteiger partial charge in [-0.05, 0) is 109 Å². The second kappa shape index (κ2) is 12.4. The molecule has 43 heavy (non-hydrogen) atoms. The van der Waals surface area contributed by atoms with Crippen LogP contribution in [-0.2, 0) is 10.0 Å². The Bertz CT molecular complexity index is 1840. The molecule has 1 aliphatic heterocycles. The highest BCUT2D eigenvalue weighted by Gasteiger charge is 2.44. The molecule has 1 fully saturated rings. The molecule has 0 aromatic heterocycles. The van der Waals surface area contributed by atoms with Gasteiger partial charge in [0.2, 0.25) is 0 Å². The molecule has 0 unspecified atom stereocenters. The molecule has 6 nitrogen and oxygen atoms in total. The van der Waals surface area contributed by atoms with Crippen LogP contribution in [0.3, 0.4) is 0 Å². The minimum absolute atomic E-state index is 0.0130. The van der Waals surface area contributed by atoms with E-state index in [1.54, 1.807) is 41.4 Å². The summed E-state index contributed by atoms with van der Waals surface area (Å²) in [5, 5.41) is 7.01. The summed E-state index contributed by atoms with van der Waals surface area (Å²) >= 11 is 13.0. The van der Waals surface area contributed by atoms with E-state index in [1.165, 1.54) is 12.1 Å². The van der Waals surface area contributed by atoms with Crippen LogP contribution in [0.1, 0.15) is 46.8 Å². The van der Waals surface area contributed by atoms with E-state index in [9.17, 15) is 13.2 Å². The zero-order valence-corrected chi connectivity index (χ0v) is 27.5. The third-order valence-corrected chi connectivity index (χ3v) is 10.3. The number of anilines is 1. The number of nitrogens with one attached hydrogen (secondary N) is 1. The first kappa shape index (κ1) is 29.8. The summed E-state index contributed by atoms with van der Waals surface area (Å²) in [6.45, 7) is 0. The fourth-order valence-corrected chi connectivity index (χ4v) is 7.34. The minimum Gasteiger partial charge on any atom is -0.280 e. The molecule has 2 aliphatic rings.